The summed E-state index contributed by atoms with van der Waals surface area (Å²) in [6, 6.07) is 4.51. The van der Waals surface area contributed by atoms with Gasteiger partial charge >= 0.3 is 0 Å². The van der Waals surface area contributed by atoms with Crippen LogP contribution in [-0.2, 0) is 16.1 Å². The second kappa shape index (κ2) is 5.95. The molecule has 1 aliphatic heterocycles. The molecule has 1 aromatic carbocycles. The van der Waals surface area contributed by atoms with Crippen LogP contribution in [-0.4, -0.2) is 35.6 Å². The zero-order valence-corrected chi connectivity index (χ0v) is 12.2. The van der Waals surface area contributed by atoms with Gasteiger partial charge in [0.25, 0.3) is 5.91 Å². The van der Waals surface area contributed by atoms with E-state index in [-0.39, 0.29) is 24.0 Å². The summed E-state index contributed by atoms with van der Waals surface area (Å²) in [7, 11) is 1.52. The number of amides is 2. The standard InChI is InChI=1S/C15H19N3O3/c1-9(19)6-7-13(14(20)17-2)18-8-11-10(15(18)21)4-3-5-12(11)16/h3-5,13H,6-8,16H2,1-2H3,(H,17,20). The first-order valence-corrected chi connectivity index (χ1v) is 6.85. The Bertz CT molecular complexity index is 598. The Morgan fingerprint density at radius 1 is 1.43 bits per heavy atom. The molecule has 0 spiro atoms. The van der Waals surface area contributed by atoms with Gasteiger partial charge in [-0.05, 0) is 25.5 Å². The van der Waals surface area contributed by atoms with E-state index < -0.39 is 6.04 Å². The van der Waals surface area contributed by atoms with Gasteiger partial charge in [-0.25, -0.2) is 0 Å². The molecule has 6 heteroatoms. The molecule has 0 aromatic heterocycles. The molecule has 1 unspecified atom stereocenters. The molecule has 3 N–H and O–H groups in total. The zero-order chi connectivity index (χ0) is 15.6. The topological polar surface area (TPSA) is 92.5 Å². The lowest BCUT2D eigenvalue weighted by Gasteiger charge is -2.26. The fourth-order valence-electron chi connectivity index (χ4n) is 2.57. The summed E-state index contributed by atoms with van der Waals surface area (Å²) in [6.45, 7) is 1.77. The van der Waals surface area contributed by atoms with Crippen LogP contribution in [0.15, 0.2) is 18.2 Å². The summed E-state index contributed by atoms with van der Waals surface area (Å²) in [4.78, 5) is 37.2. The Morgan fingerprint density at radius 2 is 2.14 bits per heavy atom. The van der Waals surface area contributed by atoms with Crippen LogP contribution in [0.4, 0.5) is 5.69 Å². The highest BCUT2D eigenvalue weighted by atomic mass is 16.2. The second-order valence-electron chi connectivity index (χ2n) is 5.18. The number of carbonyl (C=O) groups is 3. The molecule has 1 atom stereocenters. The maximum atomic E-state index is 12.5. The third-order valence-corrected chi connectivity index (χ3v) is 3.73. The van der Waals surface area contributed by atoms with Crippen LogP contribution in [0.25, 0.3) is 0 Å². The number of ketones is 1. The number of fused-ring (bicyclic) bond motifs is 1. The van der Waals surface area contributed by atoms with Gasteiger partial charge in [0.05, 0.1) is 0 Å². The number of rotatable bonds is 5. The van der Waals surface area contributed by atoms with Gasteiger partial charge in [-0.2, -0.15) is 0 Å². The molecule has 0 aliphatic carbocycles. The fraction of sp³-hybridized carbons (Fsp3) is 0.400. The summed E-state index contributed by atoms with van der Waals surface area (Å²) in [5.41, 5.74) is 7.72. The Morgan fingerprint density at radius 3 is 2.71 bits per heavy atom. The van der Waals surface area contributed by atoms with Crippen LogP contribution in [0.5, 0.6) is 0 Å². The van der Waals surface area contributed by atoms with Crippen LogP contribution in [0.3, 0.4) is 0 Å². The summed E-state index contributed by atoms with van der Waals surface area (Å²) < 4.78 is 0. The highest BCUT2D eigenvalue weighted by molar-refractivity contribution is 6.02. The number of hydrogen-bond acceptors (Lipinski definition) is 4. The van der Waals surface area contributed by atoms with Crippen LogP contribution in [0.2, 0.25) is 0 Å². The van der Waals surface area contributed by atoms with E-state index in [1.165, 1.54) is 18.9 Å². The largest absolute Gasteiger partial charge is 0.398 e. The summed E-state index contributed by atoms with van der Waals surface area (Å²) in [5, 5.41) is 2.55. The van der Waals surface area contributed by atoms with Crippen molar-refractivity contribution in [1.29, 1.82) is 0 Å². The molecule has 0 radical (unpaired) electrons. The van der Waals surface area contributed by atoms with Crippen LogP contribution < -0.4 is 11.1 Å². The smallest absolute Gasteiger partial charge is 0.255 e. The van der Waals surface area contributed by atoms with E-state index in [9.17, 15) is 14.4 Å². The van der Waals surface area contributed by atoms with Crippen molar-refractivity contribution in [2.45, 2.75) is 32.4 Å². The van der Waals surface area contributed by atoms with Gasteiger partial charge < -0.3 is 20.7 Å². The lowest BCUT2D eigenvalue weighted by molar-refractivity contribution is -0.125. The van der Waals surface area contributed by atoms with Crippen molar-refractivity contribution < 1.29 is 14.4 Å². The number of nitrogens with one attached hydrogen (secondary N) is 1. The van der Waals surface area contributed by atoms with Crippen LogP contribution >= 0.6 is 0 Å². The van der Waals surface area contributed by atoms with Gasteiger partial charge in [-0.15, -0.1) is 0 Å². The number of nitrogens with zero attached hydrogens (tertiary/aromatic N) is 1. The van der Waals surface area contributed by atoms with Gasteiger partial charge in [0.2, 0.25) is 5.91 Å². The van der Waals surface area contributed by atoms with E-state index in [4.69, 9.17) is 5.73 Å². The monoisotopic (exact) mass is 289 g/mol. The van der Waals surface area contributed by atoms with Gasteiger partial charge in [0.15, 0.2) is 0 Å². The molecule has 1 heterocycles. The molecule has 1 aliphatic rings. The molecular weight excluding hydrogens is 270 g/mol. The highest BCUT2D eigenvalue weighted by Gasteiger charge is 2.36. The first-order chi connectivity index (χ1) is 9.95. The van der Waals surface area contributed by atoms with Crippen molar-refractivity contribution in [3.8, 4) is 0 Å². The first kappa shape index (κ1) is 15.0. The SMILES string of the molecule is CNC(=O)C(CCC(C)=O)N1Cc2c(N)cccc2C1=O. The number of carbonyl (C=O) groups excluding carboxylic acids is 3. The van der Waals surface area contributed by atoms with E-state index in [1.54, 1.807) is 18.2 Å². The minimum absolute atomic E-state index is 0.00687. The molecule has 2 amide bonds. The van der Waals surface area contributed by atoms with E-state index in [2.05, 4.69) is 5.32 Å². The molecule has 21 heavy (non-hydrogen) atoms. The number of hydrogen-bond donors (Lipinski definition) is 2. The highest BCUT2D eigenvalue weighted by Crippen LogP contribution is 2.30. The molecule has 0 fully saturated rings. The molecule has 0 saturated carbocycles. The second-order valence-corrected chi connectivity index (χ2v) is 5.18. The average molecular weight is 289 g/mol. The predicted molar refractivity (Wildman–Crippen MR) is 78.5 cm³/mol. The van der Waals surface area contributed by atoms with Crippen molar-refractivity contribution in [2.75, 3.05) is 12.8 Å². The normalized spacial score (nSPS) is 14.8. The summed E-state index contributed by atoms with van der Waals surface area (Å²) in [5.74, 6) is -0.488. The van der Waals surface area contributed by atoms with E-state index >= 15 is 0 Å². The third kappa shape index (κ3) is 2.89. The van der Waals surface area contributed by atoms with Crippen molar-refractivity contribution in [2.24, 2.45) is 0 Å². The Labute approximate surface area is 123 Å². The number of nitrogens with two attached hydrogens (primary N) is 1. The minimum atomic E-state index is -0.654. The zero-order valence-electron chi connectivity index (χ0n) is 12.2. The Kier molecular flexibility index (Phi) is 4.26. The third-order valence-electron chi connectivity index (χ3n) is 3.73. The number of Topliss-reactive ketones (excluding diaryl/α,β-unsaturated/α-hetero) is 1. The maximum Gasteiger partial charge on any atom is 0.255 e. The van der Waals surface area contributed by atoms with Crippen LogP contribution in [0.1, 0.15) is 35.7 Å². The van der Waals surface area contributed by atoms with Crippen molar-refractivity contribution >= 4 is 23.3 Å². The molecule has 1 aromatic rings. The van der Waals surface area contributed by atoms with Crippen molar-refractivity contribution in [3.05, 3.63) is 29.3 Å². The predicted octanol–water partition coefficient (Wildman–Crippen LogP) is 0.708. The van der Waals surface area contributed by atoms with Gasteiger partial charge in [-0.1, -0.05) is 6.07 Å². The van der Waals surface area contributed by atoms with Gasteiger partial charge in [0.1, 0.15) is 11.8 Å². The summed E-state index contributed by atoms with van der Waals surface area (Å²) >= 11 is 0. The van der Waals surface area contributed by atoms with E-state index in [0.717, 1.165) is 5.56 Å². The van der Waals surface area contributed by atoms with Gasteiger partial charge in [-0.3, -0.25) is 9.59 Å². The average Bonchev–Trinajstić information content (AvgIpc) is 2.78. The molecule has 0 bridgehead atoms. The fourth-order valence-corrected chi connectivity index (χ4v) is 2.57. The number of benzene rings is 1. The Balaban J connectivity index is 2.27. The summed E-state index contributed by atoms with van der Waals surface area (Å²) in [6.07, 6.45) is 0.572. The van der Waals surface area contributed by atoms with Crippen LogP contribution in [0, 0.1) is 0 Å². The molecule has 112 valence electrons. The molecule has 0 saturated heterocycles. The Hall–Kier alpha value is -2.37. The molecular formula is C15H19N3O3. The van der Waals surface area contributed by atoms with E-state index in [1.807, 2.05) is 0 Å². The van der Waals surface area contributed by atoms with E-state index in [0.29, 0.717) is 24.2 Å². The van der Waals surface area contributed by atoms with Crippen molar-refractivity contribution in [1.82, 2.24) is 10.2 Å². The lowest BCUT2D eigenvalue weighted by Crippen LogP contribution is -2.46. The molecule has 2 rings (SSSR count). The number of nitrogen functional groups attached to an aromatic ring is 1. The first-order valence-electron chi connectivity index (χ1n) is 6.85. The van der Waals surface area contributed by atoms with Gasteiger partial charge in [0, 0.05) is 36.8 Å². The molecule has 6 nitrogen and oxygen atoms in total. The quantitative estimate of drug-likeness (QED) is 0.781. The number of likely N-dealkylation sites (N-methyl/N-ethyl adjacent to an activating group) is 1. The minimum Gasteiger partial charge on any atom is -0.398 e. The lowest BCUT2D eigenvalue weighted by atomic mass is 10.1. The maximum absolute atomic E-state index is 12.5. The van der Waals surface area contributed by atoms with Crippen molar-refractivity contribution in [3.63, 3.8) is 0 Å². The number of anilines is 1.